The number of rotatable bonds is 7. The maximum absolute atomic E-state index is 3.81. The third kappa shape index (κ3) is 4.61. The van der Waals surface area contributed by atoms with Crippen LogP contribution >= 0.6 is 22.7 Å². The van der Waals surface area contributed by atoms with Gasteiger partial charge in [0.2, 0.25) is 0 Å². The van der Waals surface area contributed by atoms with E-state index in [0.717, 1.165) is 28.4 Å². The normalized spacial score (nSPS) is 12.2. The van der Waals surface area contributed by atoms with Gasteiger partial charge in [-0.25, -0.2) is 0 Å². The van der Waals surface area contributed by atoms with Gasteiger partial charge in [0.1, 0.15) is 0 Å². The molecule has 0 fully saturated rings. The molecule has 0 saturated carbocycles. The molecule has 0 amide bonds. The smallest absolute Gasteiger partial charge is 0.0590 e. The molecule has 0 saturated heterocycles. The first kappa shape index (κ1) is 25.3. The number of allylic oxidation sites excluding steroid dienone is 5. The summed E-state index contributed by atoms with van der Waals surface area (Å²) in [5.41, 5.74) is 5.69. The highest BCUT2D eigenvalue weighted by atomic mass is 32.1. The number of hydrogen-bond donors (Lipinski definition) is 1. The van der Waals surface area contributed by atoms with E-state index in [2.05, 4.69) is 139 Å². The highest BCUT2D eigenvalue weighted by Gasteiger charge is 2.16. The second-order valence-electron chi connectivity index (χ2n) is 9.97. The Morgan fingerprint density at radius 1 is 0.634 bits per heavy atom. The molecule has 1 N–H and O–H groups in total. The van der Waals surface area contributed by atoms with Gasteiger partial charge in [-0.1, -0.05) is 85.5 Å². The number of para-hydroxylation sites is 1. The number of benzene rings is 5. The van der Waals surface area contributed by atoms with Crippen molar-refractivity contribution in [3.8, 4) is 0 Å². The van der Waals surface area contributed by atoms with Gasteiger partial charge in [-0.05, 0) is 61.5 Å². The van der Waals surface area contributed by atoms with Crippen molar-refractivity contribution in [1.29, 1.82) is 0 Å². The zero-order valence-electron chi connectivity index (χ0n) is 22.7. The molecule has 0 unspecified atom stereocenters. The van der Waals surface area contributed by atoms with Crippen LogP contribution in [0.1, 0.15) is 6.92 Å². The van der Waals surface area contributed by atoms with Crippen molar-refractivity contribution in [2.45, 2.75) is 6.92 Å². The molecule has 0 bridgehead atoms. The Morgan fingerprint density at radius 3 is 2.00 bits per heavy atom. The summed E-state index contributed by atoms with van der Waals surface area (Å²) in [5, 5.41) is 8.96. The monoisotopic (exact) mass is 564 g/mol. The second kappa shape index (κ2) is 10.7. The maximum atomic E-state index is 3.81. The van der Waals surface area contributed by atoms with Crippen LogP contribution in [0.2, 0.25) is 0 Å². The first-order chi connectivity index (χ1) is 20.2. The van der Waals surface area contributed by atoms with Crippen molar-refractivity contribution in [2.24, 2.45) is 0 Å². The molecular weight excluding hydrogens is 537 g/mol. The van der Waals surface area contributed by atoms with E-state index in [-0.39, 0.29) is 0 Å². The van der Waals surface area contributed by atoms with Crippen LogP contribution in [0.4, 0.5) is 22.7 Å². The minimum atomic E-state index is 1.13. The van der Waals surface area contributed by atoms with Crippen LogP contribution in [-0.4, -0.2) is 0 Å². The van der Waals surface area contributed by atoms with E-state index in [1.165, 1.54) is 40.3 Å². The van der Waals surface area contributed by atoms with E-state index in [0.29, 0.717) is 0 Å². The molecule has 5 aromatic carbocycles. The van der Waals surface area contributed by atoms with E-state index in [4.69, 9.17) is 0 Å². The third-order valence-electron chi connectivity index (χ3n) is 7.36. The fraction of sp³-hybridized carbons (Fsp3) is 0.0270. The zero-order valence-corrected chi connectivity index (χ0v) is 24.3. The Bertz CT molecular complexity index is 2110. The first-order valence-electron chi connectivity index (χ1n) is 13.6. The summed E-state index contributed by atoms with van der Waals surface area (Å²) in [6.45, 7) is 5.95. The molecule has 0 radical (unpaired) electrons. The largest absolute Gasteiger partial charge is 0.353 e. The molecule has 4 heteroatoms. The third-order valence-corrected chi connectivity index (χ3v) is 9.80. The molecule has 2 heterocycles. The number of nitrogens with one attached hydrogen (secondary N) is 1. The van der Waals surface area contributed by atoms with Crippen LogP contribution in [0.5, 0.6) is 0 Å². The summed E-state index contributed by atoms with van der Waals surface area (Å²) in [5.74, 6) is 0. The van der Waals surface area contributed by atoms with Gasteiger partial charge in [0.25, 0.3) is 0 Å². The van der Waals surface area contributed by atoms with Gasteiger partial charge >= 0.3 is 0 Å². The maximum Gasteiger partial charge on any atom is 0.0590 e. The lowest BCUT2D eigenvalue weighted by molar-refractivity contribution is 1.16. The number of hydrogen-bond acceptors (Lipinski definition) is 4. The molecule has 2 nitrogen and oxygen atoms in total. The van der Waals surface area contributed by atoms with Gasteiger partial charge in [0, 0.05) is 48.0 Å². The topological polar surface area (TPSA) is 15.3 Å². The standard InChI is InChI=1S/C37H28N2S2/c1-3-4-6-13-25(2)39(26-14-7-5-8-15-26)27-22-23-35-31(24-27)30-18-12-20-33(37(30)41-35)38-32-19-11-17-29-28-16-9-10-21-34(28)40-36(29)32/h3-24,38H,1H2,2H3/b6-4-,25-13+. The highest BCUT2D eigenvalue weighted by Crippen LogP contribution is 2.44. The number of fused-ring (bicyclic) bond motifs is 6. The van der Waals surface area contributed by atoms with Gasteiger partial charge in [0.05, 0.1) is 20.8 Å². The van der Waals surface area contributed by atoms with Crippen LogP contribution in [0.3, 0.4) is 0 Å². The Hall–Kier alpha value is -4.64. The van der Waals surface area contributed by atoms with Crippen molar-refractivity contribution in [3.05, 3.63) is 146 Å². The lowest BCUT2D eigenvalue weighted by Gasteiger charge is -2.26. The predicted octanol–water partition coefficient (Wildman–Crippen LogP) is 12.0. The Kier molecular flexibility index (Phi) is 6.63. The molecule has 0 spiro atoms. The first-order valence-corrected chi connectivity index (χ1v) is 15.3. The van der Waals surface area contributed by atoms with E-state index in [1.54, 1.807) is 6.08 Å². The molecule has 7 aromatic rings. The molecule has 0 aliphatic carbocycles. The van der Waals surface area contributed by atoms with Gasteiger partial charge in [-0.3, -0.25) is 0 Å². The van der Waals surface area contributed by atoms with Crippen molar-refractivity contribution in [3.63, 3.8) is 0 Å². The lowest BCUT2D eigenvalue weighted by Crippen LogP contribution is -2.14. The van der Waals surface area contributed by atoms with Crippen LogP contribution in [0, 0.1) is 0 Å². The average molecular weight is 565 g/mol. The molecule has 0 atom stereocenters. The van der Waals surface area contributed by atoms with Crippen LogP contribution in [-0.2, 0) is 0 Å². The number of anilines is 4. The van der Waals surface area contributed by atoms with Crippen LogP contribution in [0.25, 0.3) is 40.3 Å². The summed E-state index contributed by atoms with van der Waals surface area (Å²) in [6, 6.07) is 39.2. The highest BCUT2D eigenvalue weighted by molar-refractivity contribution is 7.27. The fourth-order valence-corrected chi connectivity index (χ4v) is 7.82. The van der Waals surface area contributed by atoms with E-state index in [1.807, 2.05) is 34.8 Å². The van der Waals surface area contributed by atoms with E-state index >= 15 is 0 Å². The van der Waals surface area contributed by atoms with E-state index < -0.39 is 0 Å². The average Bonchev–Trinajstić information content (AvgIpc) is 3.58. The van der Waals surface area contributed by atoms with Crippen molar-refractivity contribution in [2.75, 3.05) is 10.2 Å². The molecular formula is C37H28N2S2. The van der Waals surface area contributed by atoms with Gasteiger partial charge in [0.15, 0.2) is 0 Å². The quantitative estimate of drug-likeness (QED) is 0.194. The molecule has 0 aliphatic heterocycles. The predicted molar refractivity (Wildman–Crippen MR) is 184 cm³/mol. The second-order valence-corrected chi connectivity index (χ2v) is 12.1. The van der Waals surface area contributed by atoms with Crippen molar-refractivity contribution >= 4 is 85.8 Å². The SMILES string of the molecule is C=C/C=C\C=C(/C)N(c1ccccc1)c1ccc2sc3c(Nc4cccc5c4sc4ccccc45)cccc3c2c1. The van der Waals surface area contributed by atoms with E-state index in [9.17, 15) is 0 Å². The molecule has 7 rings (SSSR count). The number of nitrogens with zero attached hydrogens (tertiary/aromatic N) is 1. The van der Waals surface area contributed by atoms with Crippen molar-refractivity contribution in [1.82, 2.24) is 0 Å². The minimum absolute atomic E-state index is 1.13. The summed E-state index contributed by atoms with van der Waals surface area (Å²) < 4.78 is 5.15. The van der Waals surface area contributed by atoms with Crippen LogP contribution < -0.4 is 10.2 Å². The van der Waals surface area contributed by atoms with Crippen molar-refractivity contribution < 1.29 is 0 Å². The lowest BCUT2D eigenvalue weighted by atomic mass is 10.1. The van der Waals surface area contributed by atoms with Crippen LogP contribution in [0.15, 0.2) is 146 Å². The van der Waals surface area contributed by atoms with Gasteiger partial charge in [-0.15, -0.1) is 22.7 Å². The summed E-state index contributed by atoms with van der Waals surface area (Å²) in [7, 11) is 0. The van der Waals surface area contributed by atoms with Gasteiger partial charge in [-0.2, -0.15) is 0 Å². The van der Waals surface area contributed by atoms with Gasteiger partial charge < -0.3 is 10.2 Å². The zero-order chi connectivity index (χ0) is 27.8. The molecule has 0 aliphatic rings. The summed E-state index contributed by atoms with van der Waals surface area (Å²) in [6.07, 6.45) is 7.91. The Labute approximate surface area is 247 Å². The summed E-state index contributed by atoms with van der Waals surface area (Å²) >= 11 is 3.70. The molecule has 198 valence electrons. The summed E-state index contributed by atoms with van der Waals surface area (Å²) in [4.78, 5) is 2.31. The number of thiophene rings is 2. The fourth-order valence-electron chi connectivity index (χ4n) is 5.50. The Balaban J connectivity index is 1.33. The minimum Gasteiger partial charge on any atom is -0.353 e. The Morgan fingerprint density at radius 2 is 1.27 bits per heavy atom. The molecule has 2 aromatic heterocycles. The molecule has 41 heavy (non-hydrogen) atoms.